The molecule has 1 nitrogen and oxygen atoms in total. The summed E-state index contributed by atoms with van der Waals surface area (Å²) in [5.41, 5.74) is 1.77. The topological polar surface area (TPSA) is 9.23 Å². The standard InChI is InChI=1S/C9H16O/c1-7-8(2)10-6-5-9(7,3)4/h5-6H2,1-4H3. The number of rotatable bonds is 0. The number of allylic oxidation sites excluding steroid dienone is 2. The van der Waals surface area contributed by atoms with Crippen molar-refractivity contribution in [2.24, 2.45) is 5.41 Å². The van der Waals surface area contributed by atoms with Crippen molar-refractivity contribution in [2.45, 2.75) is 34.1 Å². The van der Waals surface area contributed by atoms with E-state index >= 15 is 0 Å². The Kier molecular flexibility index (Phi) is 1.76. The fourth-order valence-corrected chi connectivity index (χ4v) is 1.23. The molecule has 0 N–H and O–H groups in total. The minimum atomic E-state index is 0.363. The summed E-state index contributed by atoms with van der Waals surface area (Å²) in [6.45, 7) is 9.64. The summed E-state index contributed by atoms with van der Waals surface area (Å²) >= 11 is 0. The van der Waals surface area contributed by atoms with Gasteiger partial charge in [0.15, 0.2) is 0 Å². The van der Waals surface area contributed by atoms with Gasteiger partial charge in [-0.3, -0.25) is 0 Å². The molecule has 0 spiro atoms. The zero-order valence-electron chi connectivity index (χ0n) is 7.32. The molecule has 0 radical (unpaired) electrons. The lowest BCUT2D eigenvalue weighted by molar-refractivity contribution is 0.138. The largest absolute Gasteiger partial charge is 0.498 e. The predicted octanol–water partition coefficient (Wildman–Crippen LogP) is 2.73. The first-order valence-corrected chi connectivity index (χ1v) is 3.85. The van der Waals surface area contributed by atoms with Gasteiger partial charge in [-0.1, -0.05) is 13.8 Å². The number of hydrogen-bond acceptors (Lipinski definition) is 1. The Bertz CT molecular complexity index is 166. The Morgan fingerprint density at radius 1 is 1.30 bits per heavy atom. The maximum absolute atomic E-state index is 5.41. The average Bonchev–Trinajstić information content (AvgIpc) is 1.83. The molecule has 1 rings (SSSR count). The van der Waals surface area contributed by atoms with E-state index in [9.17, 15) is 0 Å². The van der Waals surface area contributed by atoms with Crippen molar-refractivity contribution in [3.8, 4) is 0 Å². The third-order valence-corrected chi connectivity index (χ3v) is 2.59. The third-order valence-electron chi connectivity index (χ3n) is 2.59. The molecular weight excluding hydrogens is 124 g/mol. The van der Waals surface area contributed by atoms with Gasteiger partial charge in [0, 0.05) is 0 Å². The van der Waals surface area contributed by atoms with Crippen LogP contribution in [0.1, 0.15) is 34.1 Å². The smallest absolute Gasteiger partial charge is 0.0923 e. The van der Waals surface area contributed by atoms with Crippen LogP contribution in [0.3, 0.4) is 0 Å². The van der Waals surface area contributed by atoms with Crippen molar-refractivity contribution in [1.82, 2.24) is 0 Å². The molecule has 0 aromatic rings. The van der Waals surface area contributed by atoms with E-state index < -0.39 is 0 Å². The molecule has 0 aliphatic carbocycles. The second-order valence-corrected chi connectivity index (χ2v) is 3.66. The normalized spacial score (nSPS) is 24.4. The van der Waals surface area contributed by atoms with Crippen LogP contribution < -0.4 is 0 Å². The van der Waals surface area contributed by atoms with E-state index in [0.717, 1.165) is 18.8 Å². The summed E-state index contributed by atoms with van der Waals surface area (Å²) in [7, 11) is 0. The molecule has 0 atom stereocenters. The summed E-state index contributed by atoms with van der Waals surface area (Å²) in [6, 6.07) is 0. The lowest BCUT2D eigenvalue weighted by Crippen LogP contribution is -2.22. The van der Waals surface area contributed by atoms with Crippen LogP contribution in [0.2, 0.25) is 0 Å². The Labute approximate surface area is 63.1 Å². The number of hydrogen-bond donors (Lipinski definition) is 0. The van der Waals surface area contributed by atoms with Gasteiger partial charge in [0.25, 0.3) is 0 Å². The molecule has 1 heterocycles. The van der Waals surface area contributed by atoms with Crippen LogP contribution in [-0.4, -0.2) is 6.61 Å². The summed E-state index contributed by atoms with van der Waals surface area (Å²) in [5, 5.41) is 0. The van der Waals surface area contributed by atoms with Gasteiger partial charge in [-0.15, -0.1) is 0 Å². The third kappa shape index (κ3) is 1.18. The van der Waals surface area contributed by atoms with E-state index in [2.05, 4.69) is 27.7 Å². The molecule has 0 aromatic heterocycles. The predicted molar refractivity (Wildman–Crippen MR) is 42.7 cm³/mol. The van der Waals surface area contributed by atoms with E-state index in [0.29, 0.717) is 5.41 Å². The monoisotopic (exact) mass is 140 g/mol. The van der Waals surface area contributed by atoms with Crippen molar-refractivity contribution >= 4 is 0 Å². The minimum absolute atomic E-state index is 0.363. The molecule has 1 heteroatoms. The highest BCUT2D eigenvalue weighted by Crippen LogP contribution is 2.35. The minimum Gasteiger partial charge on any atom is -0.498 e. The van der Waals surface area contributed by atoms with E-state index in [1.165, 1.54) is 5.57 Å². The Hall–Kier alpha value is -0.460. The van der Waals surface area contributed by atoms with Crippen LogP contribution in [0.4, 0.5) is 0 Å². The maximum Gasteiger partial charge on any atom is 0.0923 e. The van der Waals surface area contributed by atoms with Crippen molar-refractivity contribution in [3.63, 3.8) is 0 Å². The van der Waals surface area contributed by atoms with Crippen molar-refractivity contribution in [2.75, 3.05) is 6.61 Å². The molecule has 1 aliphatic rings. The fraction of sp³-hybridized carbons (Fsp3) is 0.778. The molecule has 0 fully saturated rings. The van der Waals surface area contributed by atoms with Gasteiger partial charge in [-0.25, -0.2) is 0 Å². The molecule has 0 saturated carbocycles. The van der Waals surface area contributed by atoms with Crippen LogP contribution in [-0.2, 0) is 4.74 Å². The highest BCUT2D eigenvalue weighted by atomic mass is 16.5. The second kappa shape index (κ2) is 2.30. The SMILES string of the molecule is CC1=C(C)C(C)(C)CCO1. The summed E-state index contributed by atoms with van der Waals surface area (Å²) in [4.78, 5) is 0. The van der Waals surface area contributed by atoms with Gasteiger partial charge in [0.1, 0.15) is 0 Å². The molecule has 0 saturated heterocycles. The molecule has 58 valence electrons. The van der Waals surface area contributed by atoms with Gasteiger partial charge < -0.3 is 4.74 Å². The molecule has 10 heavy (non-hydrogen) atoms. The Morgan fingerprint density at radius 2 is 1.90 bits per heavy atom. The molecule has 1 aliphatic heterocycles. The lowest BCUT2D eigenvalue weighted by atomic mass is 9.80. The van der Waals surface area contributed by atoms with Gasteiger partial charge in [0.05, 0.1) is 12.4 Å². The van der Waals surface area contributed by atoms with Crippen LogP contribution in [0, 0.1) is 5.41 Å². The molecular formula is C9H16O. The van der Waals surface area contributed by atoms with E-state index in [4.69, 9.17) is 4.74 Å². The van der Waals surface area contributed by atoms with Gasteiger partial charge in [0.2, 0.25) is 0 Å². The van der Waals surface area contributed by atoms with Crippen LogP contribution in [0.15, 0.2) is 11.3 Å². The van der Waals surface area contributed by atoms with E-state index in [-0.39, 0.29) is 0 Å². The molecule has 0 unspecified atom stereocenters. The number of ether oxygens (including phenoxy) is 1. The summed E-state index contributed by atoms with van der Waals surface area (Å²) in [6.07, 6.45) is 1.15. The highest BCUT2D eigenvalue weighted by Gasteiger charge is 2.25. The van der Waals surface area contributed by atoms with Crippen LogP contribution in [0.25, 0.3) is 0 Å². The zero-order valence-corrected chi connectivity index (χ0v) is 7.32. The first kappa shape index (κ1) is 7.64. The van der Waals surface area contributed by atoms with Gasteiger partial charge in [-0.2, -0.15) is 0 Å². The van der Waals surface area contributed by atoms with Gasteiger partial charge in [-0.05, 0) is 31.3 Å². The Balaban J connectivity index is 2.89. The Morgan fingerprint density at radius 3 is 2.30 bits per heavy atom. The zero-order chi connectivity index (χ0) is 7.78. The van der Waals surface area contributed by atoms with E-state index in [1.807, 2.05) is 0 Å². The van der Waals surface area contributed by atoms with Crippen molar-refractivity contribution < 1.29 is 4.74 Å². The quantitative estimate of drug-likeness (QED) is 0.502. The summed E-state index contributed by atoms with van der Waals surface area (Å²) in [5.74, 6) is 1.12. The fourth-order valence-electron chi connectivity index (χ4n) is 1.23. The lowest BCUT2D eigenvalue weighted by Gasteiger charge is -2.32. The first-order chi connectivity index (χ1) is 4.54. The van der Waals surface area contributed by atoms with E-state index in [1.54, 1.807) is 0 Å². The molecule has 0 amide bonds. The maximum atomic E-state index is 5.41. The van der Waals surface area contributed by atoms with Gasteiger partial charge >= 0.3 is 0 Å². The second-order valence-electron chi connectivity index (χ2n) is 3.66. The van der Waals surface area contributed by atoms with Crippen LogP contribution >= 0.6 is 0 Å². The summed E-state index contributed by atoms with van der Waals surface area (Å²) < 4.78 is 5.41. The molecule has 0 bridgehead atoms. The van der Waals surface area contributed by atoms with Crippen molar-refractivity contribution in [3.05, 3.63) is 11.3 Å². The van der Waals surface area contributed by atoms with Crippen LogP contribution in [0.5, 0.6) is 0 Å². The highest BCUT2D eigenvalue weighted by molar-refractivity contribution is 5.14. The first-order valence-electron chi connectivity index (χ1n) is 3.85. The molecule has 0 aromatic carbocycles. The average molecular weight is 140 g/mol. The van der Waals surface area contributed by atoms with Crippen molar-refractivity contribution in [1.29, 1.82) is 0 Å².